The molecule has 10 nitrogen and oxygen atoms in total. The number of benzene rings is 2. The highest BCUT2D eigenvalue weighted by molar-refractivity contribution is 6.32. The van der Waals surface area contributed by atoms with E-state index in [0.717, 1.165) is 74.2 Å². The predicted molar refractivity (Wildman–Crippen MR) is 241 cm³/mol. The summed E-state index contributed by atoms with van der Waals surface area (Å²) < 4.78 is 12.8. The highest BCUT2D eigenvalue weighted by Crippen LogP contribution is 2.48. The maximum absolute atomic E-state index is 12.2. The molecule has 5 rings (SSSR count). The van der Waals surface area contributed by atoms with Crippen LogP contribution in [0.2, 0.25) is 0 Å². The van der Waals surface area contributed by atoms with Crippen molar-refractivity contribution in [3.63, 3.8) is 0 Å². The van der Waals surface area contributed by atoms with Gasteiger partial charge in [0.05, 0.1) is 18.6 Å². The molecule has 0 bridgehead atoms. The Kier molecular flexibility index (Phi) is 19.3. The maximum Gasteiger partial charge on any atom is 0.305 e. The smallest absolute Gasteiger partial charge is 0.305 e. The highest BCUT2D eigenvalue weighted by Gasteiger charge is 2.44. The first-order chi connectivity index (χ1) is 29.2. The number of nitrogens with zero attached hydrogens (tertiary/aromatic N) is 2. The van der Waals surface area contributed by atoms with Gasteiger partial charge in [0.15, 0.2) is 5.71 Å². The molecular formula is C50H64BrClN2O8. The number of fused-ring (bicyclic) bond motifs is 2. The van der Waals surface area contributed by atoms with Crippen LogP contribution in [0.1, 0.15) is 135 Å². The number of rotatable bonds is 23. The Morgan fingerprint density at radius 3 is 1.95 bits per heavy atom. The number of hydrogen-bond acceptors (Lipinski definition) is 7. The van der Waals surface area contributed by atoms with Crippen molar-refractivity contribution >= 4 is 52.6 Å². The average molecular weight is 936 g/mol. The Labute approximate surface area is 383 Å². The Balaban J connectivity index is 0.00000845. The van der Waals surface area contributed by atoms with Gasteiger partial charge in [-0.3, -0.25) is 19.2 Å². The van der Waals surface area contributed by atoms with Crippen molar-refractivity contribution < 1.29 is 60.4 Å². The quantitative estimate of drug-likeness (QED) is 0.0650. The SMILES string of the molecule is CC1(C)C(/C=C/C2=C(Cl)C(=C/C=C3/N(CCCCCC(=O)OCCCC(=O)O)c4ccccc4C3(C)C)/CCC2)=[N+](CCCCCC(=O)OCCCC(=O)O)c2ccccc21.[Br-]. The van der Waals surface area contributed by atoms with E-state index in [0.29, 0.717) is 38.5 Å². The molecule has 0 atom stereocenters. The van der Waals surface area contributed by atoms with Gasteiger partial charge in [-0.25, -0.2) is 0 Å². The molecule has 0 radical (unpaired) electrons. The molecule has 0 aromatic heterocycles. The number of carbonyl (C=O) groups excluding carboxylic acids is 2. The lowest BCUT2D eigenvalue weighted by Gasteiger charge is -2.27. The largest absolute Gasteiger partial charge is 1.00 e. The van der Waals surface area contributed by atoms with E-state index in [1.165, 1.54) is 33.9 Å². The van der Waals surface area contributed by atoms with Crippen molar-refractivity contribution in [3.05, 3.63) is 106 Å². The molecule has 1 aliphatic carbocycles. The van der Waals surface area contributed by atoms with Crippen molar-refractivity contribution in [3.8, 4) is 0 Å². The Bertz CT molecular complexity index is 2080. The van der Waals surface area contributed by atoms with E-state index >= 15 is 0 Å². The Morgan fingerprint density at radius 1 is 0.710 bits per heavy atom. The highest BCUT2D eigenvalue weighted by atomic mass is 79.9. The minimum atomic E-state index is -0.889. The monoisotopic (exact) mass is 934 g/mol. The summed E-state index contributed by atoms with van der Waals surface area (Å²) >= 11 is 7.27. The summed E-state index contributed by atoms with van der Waals surface area (Å²) in [6.07, 6.45) is 18.0. The van der Waals surface area contributed by atoms with E-state index in [1.54, 1.807) is 0 Å². The predicted octanol–water partition coefficient (Wildman–Crippen LogP) is 7.84. The first-order valence-electron chi connectivity index (χ1n) is 22.1. The fourth-order valence-electron chi connectivity index (χ4n) is 8.73. The topological polar surface area (TPSA) is 133 Å². The lowest BCUT2D eigenvalue weighted by Crippen LogP contribution is -3.00. The van der Waals surface area contributed by atoms with Crippen LogP contribution in [0.3, 0.4) is 0 Å². The number of ether oxygens (including phenoxy) is 2. The molecule has 12 heteroatoms. The molecule has 0 amide bonds. The second-order valence-corrected chi connectivity index (χ2v) is 17.7. The molecule has 2 heterocycles. The van der Waals surface area contributed by atoms with E-state index in [1.807, 2.05) is 0 Å². The Hall–Kier alpha value is -4.48. The standard InChI is InChI=1S/C50H63ClN2O8.BrH/c1-49(2)38-20-9-11-22-40(38)52(32-13-5-7-26-46(58)60-34-16-24-44(54)55)42(49)30-28-36-18-15-19-37(48(36)51)29-31-43-50(3,4)39-21-10-12-23-41(39)53(43)33-14-6-8-27-47(59)61-35-17-25-45(56)57;/h9-12,20-23,28-31H,5-8,13-19,24-27,32-35H2,1-4H3,(H-,54,55,56,57);1H. The van der Waals surface area contributed by atoms with Gasteiger partial charge in [-0.15, -0.1) is 0 Å². The second kappa shape index (κ2) is 23.8. The minimum Gasteiger partial charge on any atom is -1.00 e. The van der Waals surface area contributed by atoms with Gasteiger partial charge in [0.25, 0.3) is 0 Å². The average Bonchev–Trinajstić information content (AvgIpc) is 3.57. The van der Waals surface area contributed by atoms with Crippen LogP contribution in [0.4, 0.5) is 11.4 Å². The van der Waals surface area contributed by atoms with Gasteiger partial charge in [0, 0.05) is 78.2 Å². The molecule has 62 heavy (non-hydrogen) atoms. The number of carboxylic acid groups (broad SMARTS) is 2. The second-order valence-electron chi connectivity index (χ2n) is 17.3. The molecule has 2 aromatic rings. The number of anilines is 1. The number of halogens is 2. The molecule has 336 valence electrons. The number of esters is 2. The van der Waals surface area contributed by atoms with Crippen molar-refractivity contribution in [1.29, 1.82) is 0 Å². The third kappa shape index (κ3) is 13.3. The zero-order chi connectivity index (χ0) is 44.0. The van der Waals surface area contributed by atoms with E-state index in [9.17, 15) is 19.2 Å². The summed E-state index contributed by atoms with van der Waals surface area (Å²) in [5.74, 6) is -2.33. The molecule has 0 saturated carbocycles. The van der Waals surface area contributed by atoms with Crippen molar-refractivity contribution in [1.82, 2.24) is 0 Å². The number of para-hydroxylation sites is 2. The molecule has 0 unspecified atom stereocenters. The third-order valence-electron chi connectivity index (χ3n) is 12.1. The molecule has 2 aliphatic heterocycles. The number of carboxylic acids is 2. The number of aliphatic carboxylic acids is 2. The molecule has 0 fully saturated rings. The Morgan fingerprint density at radius 2 is 1.31 bits per heavy atom. The first-order valence-corrected chi connectivity index (χ1v) is 22.4. The zero-order valence-electron chi connectivity index (χ0n) is 36.9. The molecule has 0 saturated heterocycles. The van der Waals surface area contributed by atoms with E-state index < -0.39 is 11.9 Å². The van der Waals surface area contributed by atoms with Gasteiger partial charge in [0.2, 0.25) is 5.69 Å². The summed E-state index contributed by atoms with van der Waals surface area (Å²) in [6, 6.07) is 17.2. The molecular weight excluding hydrogens is 872 g/mol. The lowest BCUT2D eigenvalue weighted by molar-refractivity contribution is -0.438. The van der Waals surface area contributed by atoms with Crippen molar-refractivity contribution in [2.24, 2.45) is 0 Å². The summed E-state index contributed by atoms with van der Waals surface area (Å²) in [4.78, 5) is 48.2. The van der Waals surface area contributed by atoms with Crippen LogP contribution in [0.25, 0.3) is 0 Å². The van der Waals surface area contributed by atoms with E-state index in [4.69, 9.17) is 31.3 Å². The van der Waals surface area contributed by atoms with Gasteiger partial charge >= 0.3 is 23.9 Å². The van der Waals surface area contributed by atoms with Crippen LogP contribution in [-0.4, -0.2) is 70.7 Å². The summed E-state index contributed by atoms with van der Waals surface area (Å²) in [5, 5.41) is 18.4. The van der Waals surface area contributed by atoms with Gasteiger partial charge in [0.1, 0.15) is 6.54 Å². The summed E-state index contributed by atoms with van der Waals surface area (Å²) in [5.41, 5.74) is 9.26. The molecule has 3 aliphatic rings. The van der Waals surface area contributed by atoms with E-state index in [2.05, 4.69) is 110 Å². The lowest BCUT2D eigenvalue weighted by atomic mass is 9.81. The van der Waals surface area contributed by atoms with Crippen molar-refractivity contribution in [2.45, 2.75) is 135 Å². The van der Waals surface area contributed by atoms with Crippen LogP contribution < -0.4 is 21.9 Å². The van der Waals surface area contributed by atoms with Crippen molar-refractivity contribution in [2.75, 3.05) is 31.2 Å². The number of allylic oxidation sites excluding steroid dienone is 8. The van der Waals surface area contributed by atoms with Crippen LogP contribution in [0, 0.1) is 0 Å². The van der Waals surface area contributed by atoms with Gasteiger partial charge < -0.3 is 41.6 Å². The van der Waals surface area contributed by atoms with Crippen LogP contribution in [-0.2, 0) is 39.5 Å². The summed E-state index contributed by atoms with van der Waals surface area (Å²) in [7, 11) is 0. The van der Waals surface area contributed by atoms with Gasteiger partial charge in [-0.2, -0.15) is 4.58 Å². The number of unbranched alkanes of at least 4 members (excludes halogenated alkanes) is 4. The third-order valence-corrected chi connectivity index (χ3v) is 12.5. The molecule has 0 spiro atoms. The molecule has 2 N–H and O–H groups in total. The summed E-state index contributed by atoms with van der Waals surface area (Å²) in [6.45, 7) is 11.0. The number of carbonyl (C=O) groups is 4. The number of hydrogen-bond donors (Lipinski definition) is 2. The normalized spacial score (nSPS) is 17.7. The van der Waals surface area contributed by atoms with Crippen LogP contribution in [0.5, 0.6) is 0 Å². The minimum absolute atomic E-state index is 0. The van der Waals surface area contributed by atoms with Gasteiger partial charge in [-0.1, -0.05) is 80.4 Å². The van der Waals surface area contributed by atoms with Crippen LogP contribution in [0.15, 0.2) is 94.7 Å². The fraction of sp³-hybridized carbons (Fsp3) is 0.500. The van der Waals surface area contributed by atoms with E-state index in [-0.39, 0.29) is 65.8 Å². The van der Waals surface area contributed by atoms with Crippen LogP contribution >= 0.6 is 11.6 Å². The maximum atomic E-state index is 12.2. The fourth-order valence-corrected chi connectivity index (χ4v) is 9.04. The van der Waals surface area contributed by atoms with Gasteiger partial charge in [-0.05, 0) is 100 Å². The zero-order valence-corrected chi connectivity index (χ0v) is 39.2. The first kappa shape index (κ1) is 50.2. The molecule has 2 aromatic carbocycles.